The van der Waals surface area contributed by atoms with Gasteiger partial charge in [-0.2, -0.15) is 5.10 Å². The van der Waals surface area contributed by atoms with E-state index in [1.165, 1.54) is 12.3 Å². The van der Waals surface area contributed by atoms with Gasteiger partial charge in [0.1, 0.15) is 16.3 Å². The van der Waals surface area contributed by atoms with Crippen molar-refractivity contribution in [3.8, 4) is 5.69 Å². The van der Waals surface area contributed by atoms with Gasteiger partial charge in [-0.3, -0.25) is 14.4 Å². The number of amides is 1. The zero-order valence-electron chi connectivity index (χ0n) is 18.4. The molecule has 1 amide bonds. The van der Waals surface area contributed by atoms with Crippen LogP contribution in [0.5, 0.6) is 0 Å². The van der Waals surface area contributed by atoms with Crippen LogP contribution in [-0.2, 0) is 9.59 Å². The molecule has 1 aromatic carbocycles. The topological polar surface area (TPSA) is 93.9 Å². The van der Waals surface area contributed by atoms with Gasteiger partial charge in [0.15, 0.2) is 17.3 Å². The summed E-state index contributed by atoms with van der Waals surface area (Å²) in [5.74, 6) is -3.05. The van der Waals surface area contributed by atoms with Gasteiger partial charge >= 0.3 is 0 Å². The standard InChI is InChI=1S/C24H21BrClFN4O3/c1-12-7-16(31-11-15(26)10-29-31)8-13(2)20(12)21-18(32)9-14(23(21)33)5-6-28-24(34)22-17(27)3-4-19(25)30-22/h3-4,7-8,10-11,14,21H,5-6,9H2,1-2H3,(H,28,34). The smallest absolute Gasteiger partial charge is 0.272 e. The summed E-state index contributed by atoms with van der Waals surface area (Å²) in [6.07, 6.45) is 3.61. The molecule has 176 valence electrons. The van der Waals surface area contributed by atoms with E-state index in [9.17, 15) is 18.8 Å². The molecule has 0 radical (unpaired) electrons. The first kappa shape index (κ1) is 24.2. The van der Waals surface area contributed by atoms with E-state index >= 15 is 0 Å². The lowest BCUT2D eigenvalue weighted by Crippen LogP contribution is -2.28. The fraction of sp³-hybridized carbons (Fsp3) is 0.292. The third-order valence-corrected chi connectivity index (χ3v) is 6.58. The average Bonchev–Trinajstić information content (AvgIpc) is 3.33. The highest BCUT2D eigenvalue weighted by Crippen LogP contribution is 2.37. The lowest BCUT2D eigenvalue weighted by molar-refractivity contribution is -0.124. The number of nitrogens with one attached hydrogen (secondary N) is 1. The molecule has 3 aromatic rings. The maximum Gasteiger partial charge on any atom is 0.272 e. The number of carbonyl (C=O) groups excluding carboxylic acids is 3. The summed E-state index contributed by atoms with van der Waals surface area (Å²) in [4.78, 5) is 42.1. The van der Waals surface area contributed by atoms with Gasteiger partial charge in [0, 0.05) is 25.1 Å². The van der Waals surface area contributed by atoms with Crippen LogP contribution in [0.2, 0.25) is 5.02 Å². The van der Waals surface area contributed by atoms with E-state index in [0.717, 1.165) is 22.9 Å². The molecule has 1 aliphatic rings. The molecule has 0 aliphatic heterocycles. The molecule has 2 heterocycles. The summed E-state index contributed by atoms with van der Waals surface area (Å²) < 4.78 is 15.8. The van der Waals surface area contributed by atoms with E-state index in [1.807, 2.05) is 26.0 Å². The first-order valence-corrected chi connectivity index (χ1v) is 11.8. The minimum absolute atomic E-state index is 0.109. The van der Waals surface area contributed by atoms with E-state index in [2.05, 4.69) is 31.3 Å². The van der Waals surface area contributed by atoms with E-state index in [1.54, 1.807) is 10.9 Å². The highest BCUT2D eigenvalue weighted by molar-refractivity contribution is 9.10. The van der Waals surface area contributed by atoms with Crippen molar-refractivity contribution in [1.82, 2.24) is 20.1 Å². The fourth-order valence-electron chi connectivity index (χ4n) is 4.41. The Morgan fingerprint density at radius 1 is 1.26 bits per heavy atom. The molecule has 2 unspecified atom stereocenters. The number of nitrogens with zero attached hydrogens (tertiary/aromatic N) is 3. The molecule has 4 rings (SSSR count). The third-order valence-electron chi connectivity index (χ3n) is 5.94. The number of ketones is 2. The fourth-order valence-corrected chi connectivity index (χ4v) is 4.85. The van der Waals surface area contributed by atoms with Gasteiger partial charge in [-0.05, 0) is 77.2 Å². The van der Waals surface area contributed by atoms with Crippen molar-refractivity contribution in [3.63, 3.8) is 0 Å². The molecule has 1 fully saturated rings. The molecule has 2 aromatic heterocycles. The summed E-state index contributed by atoms with van der Waals surface area (Å²) in [6, 6.07) is 6.29. The number of pyridine rings is 1. The summed E-state index contributed by atoms with van der Waals surface area (Å²) in [5.41, 5.74) is 2.81. The van der Waals surface area contributed by atoms with Gasteiger partial charge in [-0.1, -0.05) is 11.6 Å². The Balaban J connectivity index is 1.46. The highest BCUT2D eigenvalue weighted by atomic mass is 79.9. The zero-order valence-corrected chi connectivity index (χ0v) is 20.8. The van der Waals surface area contributed by atoms with Crippen LogP contribution in [0.15, 0.2) is 41.3 Å². The molecule has 10 heteroatoms. The minimum Gasteiger partial charge on any atom is -0.351 e. The predicted molar refractivity (Wildman–Crippen MR) is 128 cm³/mol. The maximum absolute atomic E-state index is 13.9. The van der Waals surface area contributed by atoms with E-state index in [0.29, 0.717) is 15.2 Å². The summed E-state index contributed by atoms with van der Waals surface area (Å²) in [5, 5.41) is 7.30. The average molecular weight is 548 g/mol. The monoisotopic (exact) mass is 546 g/mol. The van der Waals surface area contributed by atoms with Crippen molar-refractivity contribution >= 4 is 45.0 Å². The first-order valence-electron chi connectivity index (χ1n) is 10.6. The Morgan fingerprint density at radius 2 is 1.97 bits per heavy atom. The first-order chi connectivity index (χ1) is 16.2. The molecule has 1 saturated carbocycles. The summed E-state index contributed by atoms with van der Waals surface area (Å²) >= 11 is 9.08. The van der Waals surface area contributed by atoms with Crippen LogP contribution in [0.4, 0.5) is 4.39 Å². The molecule has 34 heavy (non-hydrogen) atoms. The van der Waals surface area contributed by atoms with Crippen LogP contribution in [0.25, 0.3) is 5.69 Å². The Bertz CT molecular complexity index is 1290. The van der Waals surface area contributed by atoms with Crippen LogP contribution in [0.3, 0.4) is 0 Å². The molecule has 2 atom stereocenters. The quantitative estimate of drug-likeness (QED) is 0.362. The van der Waals surface area contributed by atoms with Crippen LogP contribution in [0.1, 0.15) is 45.9 Å². The zero-order chi connectivity index (χ0) is 24.6. The molecular weight excluding hydrogens is 527 g/mol. The van der Waals surface area contributed by atoms with Crippen LogP contribution < -0.4 is 5.32 Å². The number of Topliss-reactive ketones (excluding diaryl/α,β-unsaturated/α-hetero) is 2. The molecular formula is C24H21BrClFN4O3. The second-order valence-electron chi connectivity index (χ2n) is 8.31. The Morgan fingerprint density at radius 3 is 2.62 bits per heavy atom. The van der Waals surface area contributed by atoms with Crippen molar-refractivity contribution in [2.75, 3.05) is 6.54 Å². The molecule has 1 N–H and O–H groups in total. The number of halogens is 3. The van der Waals surface area contributed by atoms with E-state index < -0.39 is 23.6 Å². The van der Waals surface area contributed by atoms with Crippen molar-refractivity contribution < 1.29 is 18.8 Å². The predicted octanol–water partition coefficient (Wildman–Crippen LogP) is 4.50. The van der Waals surface area contributed by atoms with Gasteiger partial charge in [0.25, 0.3) is 5.91 Å². The number of aryl methyl sites for hydroxylation is 2. The van der Waals surface area contributed by atoms with Gasteiger partial charge in [-0.25, -0.2) is 14.1 Å². The largest absolute Gasteiger partial charge is 0.351 e. The number of benzene rings is 1. The van der Waals surface area contributed by atoms with Gasteiger partial charge in [-0.15, -0.1) is 0 Å². The molecule has 0 saturated heterocycles. The van der Waals surface area contributed by atoms with E-state index in [-0.39, 0.29) is 36.6 Å². The van der Waals surface area contributed by atoms with Crippen molar-refractivity contribution in [2.45, 2.75) is 32.6 Å². The maximum atomic E-state index is 13.9. The normalized spacial score (nSPS) is 17.9. The second kappa shape index (κ2) is 9.76. The van der Waals surface area contributed by atoms with Crippen LogP contribution >= 0.6 is 27.5 Å². The number of hydrogen-bond acceptors (Lipinski definition) is 5. The van der Waals surface area contributed by atoms with Crippen molar-refractivity contribution in [2.24, 2.45) is 5.92 Å². The van der Waals surface area contributed by atoms with Gasteiger partial charge in [0.05, 0.1) is 16.9 Å². The van der Waals surface area contributed by atoms with E-state index in [4.69, 9.17) is 11.6 Å². The third kappa shape index (κ3) is 4.81. The number of aromatic nitrogens is 3. The number of carbonyl (C=O) groups is 3. The second-order valence-corrected chi connectivity index (χ2v) is 9.56. The summed E-state index contributed by atoms with van der Waals surface area (Å²) in [6.45, 7) is 3.86. The highest BCUT2D eigenvalue weighted by Gasteiger charge is 2.42. The molecule has 0 spiro atoms. The summed E-state index contributed by atoms with van der Waals surface area (Å²) in [7, 11) is 0. The van der Waals surface area contributed by atoms with Gasteiger partial charge < -0.3 is 5.32 Å². The van der Waals surface area contributed by atoms with Crippen LogP contribution in [-0.4, -0.2) is 38.8 Å². The molecule has 7 nitrogen and oxygen atoms in total. The molecule has 1 aliphatic carbocycles. The Kier molecular flexibility index (Phi) is 6.95. The Hall–Kier alpha value is -2.91. The number of rotatable bonds is 6. The SMILES string of the molecule is Cc1cc(-n2cc(Cl)cn2)cc(C)c1C1C(=O)CC(CCNC(=O)c2nc(Br)ccc2F)C1=O. The lowest BCUT2D eigenvalue weighted by atomic mass is 9.87. The lowest BCUT2D eigenvalue weighted by Gasteiger charge is -2.17. The van der Waals surface area contributed by atoms with Crippen molar-refractivity contribution in [3.05, 3.63) is 74.5 Å². The van der Waals surface area contributed by atoms with Gasteiger partial charge in [0.2, 0.25) is 0 Å². The van der Waals surface area contributed by atoms with Crippen LogP contribution in [0, 0.1) is 25.6 Å². The number of hydrogen-bond donors (Lipinski definition) is 1. The Labute approximate surface area is 208 Å². The molecule has 0 bridgehead atoms. The minimum atomic E-state index is -0.833. The van der Waals surface area contributed by atoms with Crippen molar-refractivity contribution in [1.29, 1.82) is 0 Å².